The molecule has 2 aliphatic heterocycles. The van der Waals surface area contributed by atoms with Gasteiger partial charge in [0.2, 0.25) is 0 Å². The first kappa shape index (κ1) is 32.3. The van der Waals surface area contributed by atoms with E-state index in [-0.39, 0.29) is 36.7 Å². The van der Waals surface area contributed by atoms with Crippen LogP contribution in [0.5, 0.6) is 0 Å². The largest absolute Gasteiger partial charge is 0.457 e. The Morgan fingerprint density at radius 3 is 2.39 bits per heavy atom. The van der Waals surface area contributed by atoms with Crippen LogP contribution in [0.4, 0.5) is 0 Å². The van der Waals surface area contributed by atoms with Crippen molar-refractivity contribution in [2.24, 2.45) is 35.3 Å². The third kappa shape index (κ3) is 5.85. The summed E-state index contributed by atoms with van der Waals surface area (Å²) in [5.74, 6) is -1.14. The van der Waals surface area contributed by atoms with Crippen LogP contribution >= 0.6 is 0 Å². The lowest BCUT2D eigenvalue weighted by Gasteiger charge is -2.37. The molecule has 9 heteroatoms. The number of Topliss-reactive ketones (excluding diaryl/α,β-unsaturated/α-hetero) is 2. The van der Waals surface area contributed by atoms with E-state index in [1.165, 1.54) is 32.1 Å². The molecule has 0 radical (unpaired) electrons. The van der Waals surface area contributed by atoms with Crippen LogP contribution in [-0.4, -0.2) is 70.5 Å². The van der Waals surface area contributed by atoms with Crippen molar-refractivity contribution in [2.45, 2.75) is 146 Å². The summed E-state index contributed by atoms with van der Waals surface area (Å²) in [4.78, 5) is 42.5. The molecule has 0 amide bonds. The minimum absolute atomic E-state index is 0.0215. The summed E-state index contributed by atoms with van der Waals surface area (Å²) in [7, 11) is 0. The van der Waals surface area contributed by atoms with Crippen LogP contribution in [0.1, 0.15) is 116 Å². The third-order valence-electron chi connectivity index (χ3n) is 12.5. The maximum atomic E-state index is 14.2. The van der Waals surface area contributed by atoms with Gasteiger partial charge >= 0.3 is 5.97 Å². The van der Waals surface area contributed by atoms with E-state index in [4.69, 9.17) is 15.2 Å². The molecule has 9 atom stereocenters. The number of piperidine rings is 1. The number of hydrogen-bond acceptors (Lipinski definition) is 8. The predicted molar refractivity (Wildman–Crippen MR) is 163 cm³/mol. The first-order valence-corrected chi connectivity index (χ1v) is 17.8. The molecule has 0 aromatic heterocycles. The van der Waals surface area contributed by atoms with E-state index in [9.17, 15) is 24.6 Å². The SMILES string of the molecule is CC(CCC1CC[NH2+]C(N)C1)=C(CO)CC12OC1(C(=O)OC1CCC(CC3CCCCC3)C1O)C(=O)C1CCCCC1C2=O. The molecule has 2 heterocycles. The number of epoxide rings is 1. The summed E-state index contributed by atoms with van der Waals surface area (Å²) in [5.41, 5.74) is 4.18. The molecule has 2 saturated heterocycles. The summed E-state index contributed by atoms with van der Waals surface area (Å²) in [5, 5.41) is 23.9. The Labute approximate surface area is 262 Å². The number of aliphatic hydroxyl groups is 2. The van der Waals surface area contributed by atoms with Gasteiger partial charge in [-0.05, 0) is 81.6 Å². The van der Waals surface area contributed by atoms with Crippen LogP contribution in [-0.2, 0) is 23.9 Å². The molecule has 0 aromatic carbocycles. The molecule has 246 valence electrons. The smallest absolute Gasteiger partial charge is 0.350 e. The zero-order valence-electron chi connectivity index (χ0n) is 26.6. The number of ether oxygens (including phenoxy) is 2. The second kappa shape index (κ2) is 13.2. The highest BCUT2D eigenvalue weighted by Gasteiger charge is 2.87. The zero-order chi connectivity index (χ0) is 31.1. The molecule has 4 aliphatic carbocycles. The van der Waals surface area contributed by atoms with E-state index >= 15 is 0 Å². The van der Waals surface area contributed by atoms with E-state index in [1.807, 2.05) is 6.92 Å². The number of hydrogen-bond donors (Lipinski definition) is 4. The molecular weight excluding hydrogens is 560 g/mol. The minimum Gasteiger partial charge on any atom is -0.457 e. The van der Waals surface area contributed by atoms with E-state index < -0.39 is 41.2 Å². The highest BCUT2D eigenvalue weighted by Crippen LogP contribution is 2.62. The van der Waals surface area contributed by atoms with Gasteiger partial charge in [0.1, 0.15) is 12.3 Å². The predicted octanol–water partition coefficient (Wildman–Crippen LogP) is 2.84. The monoisotopic (exact) mass is 615 g/mol. The Morgan fingerprint density at radius 1 is 0.977 bits per heavy atom. The van der Waals surface area contributed by atoms with E-state index in [0.29, 0.717) is 36.7 Å². The van der Waals surface area contributed by atoms with Crippen molar-refractivity contribution in [3.05, 3.63) is 11.1 Å². The standard InChI is InChI=1S/C35H54N2O7/c1-21(11-12-23-15-16-37-29(36)18-23)25(20-38)19-34-31(40)26-9-5-6-10-27(26)32(41)35(34,44-34)33(42)43-28-14-13-24(30(28)39)17-22-7-3-2-4-8-22/h22-24,26-30,37-39H,2-20,36H2,1H3/p+1. The van der Waals surface area contributed by atoms with E-state index in [2.05, 4.69) is 5.32 Å². The van der Waals surface area contributed by atoms with Gasteiger partial charge in [-0.2, -0.15) is 0 Å². The number of carbonyl (C=O) groups excluding carboxylic acids is 3. The molecule has 0 aromatic rings. The molecular formula is C35H55N2O7+. The van der Waals surface area contributed by atoms with Crippen LogP contribution in [0.3, 0.4) is 0 Å². The first-order valence-electron chi connectivity index (χ1n) is 17.8. The number of nitrogens with two attached hydrogens (primary N) is 2. The maximum Gasteiger partial charge on any atom is 0.350 e. The van der Waals surface area contributed by atoms with Gasteiger partial charge in [0.25, 0.3) is 5.60 Å². The van der Waals surface area contributed by atoms with Gasteiger partial charge in [-0.15, -0.1) is 0 Å². The Hall–Kier alpha value is -1.65. The lowest BCUT2D eigenvalue weighted by atomic mass is 9.60. The first-order chi connectivity index (χ1) is 21.2. The lowest BCUT2D eigenvalue weighted by molar-refractivity contribution is -0.699. The van der Waals surface area contributed by atoms with Crippen LogP contribution in [0.25, 0.3) is 0 Å². The van der Waals surface area contributed by atoms with Crippen LogP contribution in [0.2, 0.25) is 0 Å². The summed E-state index contributed by atoms with van der Waals surface area (Å²) >= 11 is 0. The maximum absolute atomic E-state index is 14.2. The fraction of sp³-hybridized carbons (Fsp3) is 0.857. The minimum atomic E-state index is -1.98. The highest BCUT2D eigenvalue weighted by atomic mass is 16.7. The van der Waals surface area contributed by atoms with Crippen molar-refractivity contribution in [1.29, 1.82) is 0 Å². The number of fused-ring (bicyclic) bond motifs is 2. The number of rotatable bonds is 10. The van der Waals surface area contributed by atoms with Gasteiger partial charge in [-0.3, -0.25) is 15.3 Å². The Kier molecular flexibility index (Phi) is 9.71. The van der Waals surface area contributed by atoms with Crippen LogP contribution < -0.4 is 11.1 Å². The quantitative estimate of drug-likeness (QED) is 0.127. The number of carbonyl (C=O) groups is 3. The van der Waals surface area contributed by atoms with Crippen molar-refractivity contribution in [3.8, 4) is 0 Å². The van der Waals surface area contributed by atoms with Crippen molar-refractivity contribution in [1.82, 2.24) is 0 Å². The van der Waals surface area contributed by atoms with E-state index in [1.54, 1.807) is 0 Å². The van der Waals surface area contributed by atoms with Gasteiger partial charge in [0.05, 0.1) is 19.3 Å². The average Bonchev–Trinajstić information content (AvgIpc) is 3.64. The van der Waals surface area contributed by atoms with Crippen molar-refractivity contribution in [2.75, 3.05) is 13.2 Å². The molecule has 6 N–H and O–H groups in total. The number of aliphatic hydroxyl groups excluding tert-OH is 2. The Morgan fingerprint density at radius 2 is 1.68 bits per heavy atom. The molecule has 9 nitrogen and oxygen atoms in total. The number of esters is 1. The second-order valence-electron chi connectivity index (χ2n) is 15.2. The third-order valence-corrected chi connectivity index (χ3v) is 12.5. The van der Waals surface area contributed by atoms with Gasteiger partial charge in [0, 0.05) is 24.7 Å². The van der Waals surface area contributed by atoms with E-state index in [0.717, 1.165) is 63.5 Å². The summed E-state index contributed by atoms with van der Waals surface area (Å²) in [6.07, 6.45) is 13.7. The number of allylic oxidation sites excluding steroid dienone is 1. The summed E-state index contributed by atoms with van der Waals surface area (Å²) in [6, 6.07) is 0. The molecule has 4 saturated carbocycles. The average molecular weight is 616 g/mol. The van der Waals surface area contributed by atoms with Crippen LogP contribution in [0.15, 0.2) is 11.1 Å². The topological polar surface area (TPSA) is 156 Å². The molecule has 0 bridgehead atoms. The second-order valence-corrected chi connectivity index (χ2v) is 15.2. The molecule has 6 rings (SSSR count). The normalized spacial score (nSPS) is 41.5. The fourth-order valence-electron chi connectivity index (χ4n) is 9.71. The molecule has 9 unspecified atom stereocenters. The number of ketones is 2. The molecule has 6 fully saturated rings. The Balaban J connectivity index is 1.20. The fourth-order valence-corrected chi connectivity index (χ4v) is 9.71. The van der Waals surface area contributed by atoms with Crippen molar-refractivity contribution in [3.63, 3.8) is 0 Å². The van der Waals surface area contributed by atoms with Crippen molar-refractivity contribution >= 4 is 17.5 Å². The Bertz CT molecular complexity index is 1130. The number of quaternary nitrogens is 1. The lowest BCUT2D eigenvalue weighted by Crippen LogP contribution is -2.94. The van der Waals surface area contributed by atoms with Crippen molar-refractivity contribution < 1.29 is 39.4 Å². The zero-order valence-corrected chi connectivity index (χ0v) is 26.6. The molecule has 44 heavy (non-hydrogen) atoms. The van der Waals surface area contributed by atoms with Gasteiger partial charge in [-0.25, -0.2) is 4.79 Å². The summed E-state index contributed by atoms with van der Waals surface area (Å²) < 4.78 is 12.2. The van der Waals surface area contributed by atoms with Gasteiger partial charge < -0.3 is 25.0 Å². The summed E-state index contributed by atoms with van der Waals surface area (Å²) in [6.45, 7) is 2.72. The highest BCUT2D eigenvalue weighted by molar-refractivity contribution is 6.23. The molecule has 6 aliphatic rings. The van der Waals surface area contributed by atoms with Crippen LogP contribution in [0, 0.1) is 29.6 Å². The molecule has 0 spiro atoms. The van der Waals surface area contributed by atoms with Gasteiger partial charge in [-0.1, -0.05) is 50.5 Å². The van der Waals surface area contributed by atoms with Gasteiger partial charge in [0.15, 0.2) is 17.2 Å².